The summed E-state index contributed by atoms with van der Waals surface area (Å²) in [6.07, 6.45) is 12.3. The molecule has 0 aliphatic carbocycles. The summed E-state index contributed by atoms with van der Waals surface area (Å²) in [5.74, 6) is 0.466. The van der Waals surface area contributed by atoms with Crippen molar-refractivity contribution in [3.05, 3.63) is 24.2 Å². The minimum Gasteiger partial charge on any atom is -0.382 e. The number of hydrogen-bond donors (Lipinski definition) is 1. The Bertz CT molecular complexity index is 277. The smallest absolute Gasteiger partial charge is 0.141 e. The summed E-state index contributed by atoms with van der Waals surface area (Å²) in [6, 6.07) is 0. The highest BCUT2D eigenvalue weighted by atomic mass is 14.9. The van der Waals surface area contributed by atoms with E-state index in [1.807, 2.05) is 6.08 Å². The molecule has 0 fully saturated rings. The van der Waals surface area contributed by atoms with Crippen molar-refractivity contribution in [1.29, 1.82) is 0 Å². The van der Waals surface area contributed by atoms with Crippen LogP contribution in [0.15, 0.2) is 18.5 Å². The molecule has 1 heterocycles. The fourth-order valence-electron chi connectivity index (χ4n) is 1.15. The van der Waals surface area contributed by atoms with E-state index in [9.17, 15) is 0 Å². The number of unbranched alkanes of at least 4 members (excludes halogenated alkanes) is 3. The third-order valence-electron chi connectivity index (χ3n) is 1.95. The third kappa shape index (κ3) is 4.03. The maximum atomic E-state index is 5.42. The minimum atomic E-state index is 0.466. The third-order valence-corrected chi connectivity index (χ3v) is 1.95. The van der Waals surface area contributed by atoms with Crippen LogP contribution in [0.1, 0.15) is 38.3 Å². The Kier molecular flexibility index (Phi) is 4.69. The molecule has 0 aliphatic heterocycles. The summed E-state index contributed by atoms with van der Waals surface area (Å²) in [5, 5.41) is 0. The molecule has 76 valence electrons. The van der Waals surface area contributed by atoms with Crippen LogP contribution in [0.3, 0.4) is 0 Å². The van der Waals surface area contributed by atoms with Gasteiger partial charge in [0.2, 0.25) is 0 Å². The van der Waals surface area contributed by atoms with Gasteiger partial charge in [-0.05, 0) is 18.9 Å². The van der Waals surface area contributed by atoms with Gasteiger partial charge in [0.15, 0.2) is 0 Å². The summed E-state index contributed by atoms with van der Waals surface area (Å²) < 4.78 is 0. The quantitative estimate of drug-likeness (QED) is 0.728. The minimum absolute atomic E-state index is 0.466. The van der Waals surface area contributed by atoms with Crippen LogP contribution < -0.4 is 5.73 Å². The van der Waals surface area contributed by atoms with Gasteiger partial charge in [0.1, 0.15) is 5.82 Å². The molecule has 14 heavy (non-hydrogen) atoms. The van der Waals surface area contributed by atoms with Gasteiger partial charge in [0.05, 0.1) is 18.1 Å². The lowest BCUT2D eigenvalue weighted by Gasteiger charge is -1.94. The van der Waals surface area contributed by atoms with E-state index in [1.165, 1.54) is 19.3 Å². The van der Waals surface area contributed by atoms with Crippen molar-refractivity contribution in [1.82, 2.24) is 9.97 Å². The Morgan fingerprint density at radius 2 is 2.14 bits per heavy atom. The first-order valence-electron chi connectivity index (χ1n) is 5.07. The number of nitrogen functional groups attached to an aromatic ring is 1. The average Bonchev–Trinajstić information content (AvgIpc) is 2.21. The molecule has 2 N–H and O–H groups in total. The zero-order valence-electron chi connectivity index (χ0n) is 8.61. The van der Waals surface area contributed by atoms with Crippen LogP contribution in [-0.4, -0.2) is 9.97 Å². The lowest BCUT2D eigenvalue weighted by Crippen LogP contribution is -1.91. The predicted octanol–water partition coefficient (Wildman–Crippen LogP) is 2.65. The van der Waals surface area contributed by atoms with Gasteiger partial charge in [-0.1, -0.05) is 25.8 Å². The molecular formula is C11H17N3. The van der Waals surface area contributed by atoms with E-state index in [4.69, 9.17) is 5.73 Å². The van der Waals surface area contributed by atoms with E-state index in [2.05, 4.69) is 23.0 Å². The van der Waals surface area contributed by atoms with Gasteiger partial charge >= 0.3 is 0 Å². The molecule has 3 heteroatoms. The topological polar surface area (TPSA) is 51.8 Å². The first-order valence-corrected chi connectivity index (χ1v) is 5.07. The van der Waals surface area contributed by atoms with Crippen LogP contribution in [0.4, 0.5) is 5.82 Å². The molecule has 1 aromatic rings. The maximum Gasteiger partial charge on any atom is 0.141 e. The second kappa shape index (κ2) is 6.13. The molecule has 0 atom stereocenters. The molecule has 0 radical (unpaired) electrons. The van der Waals surface area contributed by atoms with E-state index in [-0.39, 0.29) is 0 Å². The van der Waals surface area contributed by atoms with Crippen LogP contribution >= 0.6 is 0 Å². The Labute approximate surface area is 85.1 Å². The van der Waals surface area contributed by atoms with Gasteiger partial charge in [-0.3, -0.25) is 4.98 Å². The average molecular weight is 191 g/mol. The standard InChI is InChI=1S/C11H17N3/c1-2-3-4-5-6-7-10-8-14-11(12)9-13-10/h6-9H,2-5H2,1H3,(H2,12,14). The van der Waals surface area contributed by atoms with Crippen molar-refractivity contribution in [2.45, 2.75) is 32.6 Å². The summed E-state index contributed by atoms with van der Waals surface area (Å²) in [7, 11) is 0. The second-order valence-electron chi connectivity index (χ2n) is 3.26. The summed E-state index contributed by atoms with van der Waals surface area (Å²) in [5.41, 5.74) is 6.29. The molecule has 0 unspecified atom stereocenters. The Morgan fingerprint density at radius 1 is 1.29 bits per heavy atom. The van der Waals surface area contributed by atoms with E-state index in [0.717, 1.165) is 12.1 Å². The van der Waals surface area contributed by atoms with Crippen LogP contribution in [0, 0.1) is 0 Å². The number of aromatic nitrogens is 2. The van der Waals surface area contributed by atoms with E-state index in [1.54, 1.807) is 12.4 Å². The number of allylic oxidation sites excluding steroid dienone is 1. The number of nitrogens with two attached hydrogens (primary N) is 1. The van der Waals surface area contributed by atoms with Gasteiger partial charge in [-0.15, -0.1) is 0 Å². The summed E-state index contributed by atoms with van der Waals surface area (Å²) >= 11 is 0. The van der Waals surface area contributed by atoms with Gasteiger partial charge in [0, 0.05) is 0 Å². The molecule has 0 bridgehead atoms. The maximum absolute atomic E-state index is 5.42. The number of rotatable bonds is 5. The fraction of sp³-hybridized carbons (Fsp3) is 0.455. The number of hydrogen-bond acceptors (Lipinski definition) is 3. The van der Waals surface area contributed by atoms with Gasteiger partial charge in [-0.25, -0.2) is 4.98 Å². The molecule has 0 spiro atoms. The Balaban J connectivity index is 2.33. The molecule has 1 rings (SSSR count). The van der Waals surface area contributed by atoms with Crippen molar-refractivity contribution in [2.24, 2.45) is 0 Å². The van der Waals surface area contributed by atoms with Crippen LogP contribution in [0.2, 0.25) is 0 Å². The predicted molar refractivity (Wildman–Crippen MR) is 59.6 cm³/mol. The highest BCUT2D eigenvalue weighted by Gasteiger charge is 1.88. The normalized spacial score (nSPS) is 10.9. The molecular weight excluding hydrogens is 174 g/mol. The highest BCUT2D eigenvalue weighted by Crippen LogP contribution is 2.03. The van der Waals surface area contributed by atoms with E-state index in [0.29, 0.717) is 5.82 Å². The monoisotopic (exact) mass is 191 g/mol. The lowest BCUT2D eigenvalue weighted by atomic mass is 10.2. The van der Waals surface area contributed by atoms with Gasteiger partial charge < -0.3 is 5.73 Å². The molecule has 0 aliphatic rings. The lowest BCUT2D eigenvalue weighted by molar-refractivity contribution is 0.730. The second-order valence-corrected chi connectivity index (χ2v) is 3.26. The molecule has 0 amide bonds. The molecule has 0 saturated carbocycles. The van der Waals surface area contributed by atoms with Crippen molar-refractivity contribution >= 4 is 11.9 Å². The van der Waals surface area contributed by atoms with Crippen LogP contribution in [0.25, 0.3) is 6.08 Å². The molecule has 0 aromatic carbocycles. The number of nitrogens with zero attached hydrogens (tertiary/aromatic N) is 2. The van der Waals surface area contributed by atoms with Crippen molar-refractivity contribution < 1.29 is 0 Å². The van der Waals surface area contributed by atoms with Gasteiger partial charge in [-0.2, -0.15) is 0 Å². The SMILES string of the molecule is CCCCCC=Cc1cnc(N)cn1. The zero-order chi connectivity index (χ0) is 10.2. The van der Waals surface area contributed by atoms with Crippen molar-refractivity contribution in [2.75, 3.05) is 5.73 Å². The highest BCUT2D eigenvalue weighted by molar-refractivity contribution is 5.43. The first kappa shape index (κ1) is 10.7. The van der Waals surface area contributed by atoms with Crippen LogP contribution in [0.5, 0.6) is 0 Å². The molecule has 1 aromatic heterocycles. The van der Waals surface area contributed by atoms with Crippen molar-refractivity contribution in [3.8, 4) is 0 Å². The van der Waals surface area contributed by atoms with Crippen molar-refractivity contribution in [3.63, 3.8) is 0 Å². The molecule has 0 saturated heterocycles. The largest absolute Gasteiger partial charge is 0.382 e. The van der Waals surface area contributed by atoms with Gasteiger partial charge in [0.25, 0.3) is 0 Å². The first-order chi connectivity index (χ1) is 6.83. The van der Waals surface area contributed by atoms with E-state index < -0.39 is 0 Å². The molecule has 3 nitrogen and oxygen atoms in total. The Hall–Kier alpha value is -1.38. The fourth-order valence-corrected chi connectivity index (χ4v) is 1.15. The van der Waals surface area contributed by atoms with E-state index >= 15 is 0 Å². The summed E-state index contributed by atoms with van der Waals surface area (Å²) in [6.45, 7) is 2.20. The summed E-state index contributed by atoms with van der Waals surface area (Å²) in [4.78, 5) is 8.08. The van der Waals surface area contributed by atoms with Crippen LogP contribution in [-0.2, 0) is 0 Å². The zero-order valence-corrected chi connectivity index (χ0v) is 8.61. The Morgan fingerprint density at radius 3 is 2.79 bits per heavy atom. The number of anilines is 1.